The molecule has 1 saturated carbocycles. The quantitative estimate of drug-likeness (QED) is 0.466. The molecule has 0 aromatic heterocycles. The summed E-state index contributed by atoms with van der Waals surface area (Å²) in [6.45, 7) is 16.2. The van der Waals surface area contributed by atoms with Crippen molar-refractivity contribution in [3.8, 4) is 11.5 Å². The van der Waals surface area contributed by atoms with Crippen molar-refractivity contribution in [1.29, 1.82) is 0 Å². The third-order valence-electron chi connectivity index (χ3n) is 6.35. The summed E-state index contributed by atoms with van der Waals surface area (Å²) in [6.07, 6.45) is 5.94. The maximum Gasteiger partial charge on any atom is 0.119 e. The fraction of sp³-hybridized carbons (Fsp3) is 0.586. The van der Waals surface area contributed by atoms with Crippen molar-refractivity contribution in [2.45, 2.75) is 98.7 Å². The molecule has 0 radical (unpaired) electrons. The fourth-order valence-corrected chi connectivity index (χ4v) is 4.63. The largest absolute Gasteiger partial charge is 0.490 e. The molecule has 0 N–H and O–H groups in total. The van der Waals surface area contributed by atoms with Gasteiger partial charge in [-0.2, -0.15) is 0 Å². The highest BCUT2D eigenvalue weighted by Gasteiger charge is 2.30. The van der Waals surface area contributed by atoms with Gasteiger partial charge in [0.05, 0.1) is 0 Å². The molecule has 1 fully saturated rings. The minimum Gasteiger partial charge on any atom is -0.490 e. The van der Waals surface area contributed by atoms with Gasteiger partial charge in [-0.3, -0.25) is 0 Å². The second kappa shape index (κ2) is 9.67. The normalized spacial score (nSPS) is 20.9. The molecule has 2 heteroatoms. The first-order valence-corrected chi connectivity index (χ1v) is 12.0. The molecule has 0 saturated heterocycles. The van der Waals surface area contributed by atoms with Crippen molar-refractivity contribution in [2.24, 2.45) is 10.8 Å². The highest BCUT2D eigenvalue weighted by Crippen LogP contribution is 2.43. The highest BCUT2D eigenvalue weighted by molar-refractivity contribution is 5.31. The highest BCUT2D eigenvalue weighted by atomic mass is 16.5. The second-order valence-corrected chi connectivity index (χ2v) is 11.7. The maximum absolute atomic E-state index is 6.38. The van der Waals surface area contributed by atoms with Crippen LogP contribution in [0.3, 0.4) is 0 Å². The van der Waals surface area contributed by atoms with E-state index in [-0.39, 0.29) is 17.6 Å². The second-order valence-electron chi connectivity index (χ2n) is 11.7. The van der Waals surface area contributed by atoms with Crippen LogP contribution in [0, 0.1) is 17.8 Å². The minimum absolute atomic E-state index is 0.225. The molecule has 2 aromatic carbocycles. The van der Waals surface area contributed by atoms with Gasteiger partial charge in [0.15, 0.2) is 0 Å². The average Bonchev–Trinajstić information content (AvgIpc) is 2.68. The third-order valence-corrected chi connectivity index (χ3v) is 6.35. The Kier molecular flexibility index (Phi) is 7.39. The van der Waals surface area contributed by atoms with Gasteiger partial charge in [0.1, 0.15) is 23.7 Å². The van der Waals surface area contributed by atoms with Crippen molar-refractivity contribution in [2.75, 3.05) is 0 Å². The standard InChI is InChI=1S/C29H42O2/c1-21-11-15-23(16-12-21)30-25-9-8-10-26(19-25)31-24-17-13-22(14-18-24)27(29(5,6)7)20-28(2,3)4/h11-18,25-27H,8-10,19-20H2,1-7H3. The lowest BCUT2D eigenvalue weighted by Gasteiger charge is -2.36. The molecule has 0 aliphatic heterocycles. The van der Waals surface area contributed by atoms with Crippen LogP contribution in [0.2, 0.25) is 0 Å². The first-order chi connectivity index (χ1) is 14.5. The van der Waals surface area contributed by atoms with E-state index < -0.39 is 0 Å². The van der Waals surface area contributed by atoms with Gasteiger partial charge >= 0.3 is 0 Å². The van der Waals surface area contributed by atoms with E-state index in [1.165, 1.54) is 17.5 Å². The number of ether oxygens (including phenoxy) is 2. The number of hydrogen-bond acceptors (Lipinski definition) is 2. The first kappa shape index (κ1) is 23.7. The summed E-state index contributed by atoms with van der Waals surface area (Å²) in [4.78, 5) is 0. The average molecular weight is 423 g/mol. The number of aryl methyl sites for hydroxylation is 1. The number of rotatable bonds is 6. The molecule has 0 heterocycles. The number of benzene rings is 2. The zero-order chi connectivity index (χ0) is 22.6. The lowest BCUT2D eigenvalue weighted by atomic mass is 9.69. The molecule has 3 rings (SSSR count). The number of hydrogen-bond donors (Lipinski definition) is 0. The van der Waals surface area contributed by atoms with E-state index >= 15 is 0 Å². The summed E-state index contributed by atoms with van der Waals surface area (Å²) in [5.41, 5.74) is 3.22. The van der Waals surface area contributed by atoms with E-state index in [2.05, 4.69) is 97.0 Å². The predicted octanol–water partition coefficient (Wildman–Crippen LogP) is 8.33. The van der Waals surface area contributed by atoms with Crippen LogP contribution in [0.5, 0.6) is 11.5 Å². The van der Waals surface area contributed by atoms with E-state index in [1.54, 1.807) is 0 Å². The minimum atomic E-state index is 0.225. The Morgan fingerprint density at radius 3 is 1.71 bits per heavy atom. The molecular formula is C29H42O2. The van der Waals surface area contributed by atoms with Crippen LogP contribution in [0.1, 0.15) is 90.7 Å². The predicted molar refractivity (Wildman–Crippen MR) is 131 cm³/mol. The fourth-order valence-electron chi connectivity index (χ4n) is 4.63. The zero-order valence-corrected chi connectivity index (χ0v) is 20.7. The lowest BCUT2D eigenvalue weighted by molar-refractivity contribution is 0.0680. The van der Waals surface area contributed by atoms with Gasteiger partial charge in [-0.05, 0) is 79.2 Å². The molecule has 2 aromatic rings. The van der Waals surface area contributed by atoms with Crippen LogP contribution in [0.4, 0.5) is 0 Å². The van der Waals surface area contributed by atoms with Crippen LogP contribution in [0.15, 0.2) is 48.5 Å². The van der Waals surface area contributed by atoms with Crippen LogP contribution < -0.4 is 9.47 Å². The lowest BCUT2D eigenvalue weighted by Crippen LogP contribution is -2.32. The Hall–Kier alpha value is -1.96. The summed E-state index contributed by atoms with van der Waals surface area (Å²) in [7, 11) is 0. The summed E-state index contributed by atoms with van der Waals surface area (Å²) in [5.74, 6) is 2.48. The van der Waals surface area contributed by atoms with E-state index in [4.69, 9.17) is 9.47 Å². The van der Waals surface area contributed by atoms with Crippen molar-refractivity contribution < 1.29 is 9.47 Å². The van der Waals surface area contributed by atoms with Gasteiger partial charge in [-0.25, -0.2) is 0 Å². The molecular weight excluding hydrogens is 380 g/mol. The van der Waals surface area contributed by atoms with Crippen molar-refractivity contribution in [1.82, 2.24) is 0 Å². The molecule has 170 valence electrons. The molecule has 0 bridgehead atoms. The molecule has 31 heavy (non-hydrogen) atoms. The van der Waals surface area contributed by atoms with E-state index in [0.29, 0.717) is 11.3 Å². The monoisotopic (exact) mass is 422 g/mol. The zero-order valence-electron chi connectivity index (χ0n) is 20.7. The van der Waals surface area contributed by atoms with Gasteiger partial charge in [-0.1, -0.05) is 71.4 Å². The SMILES string of the molecule is Cc1ccc(OC2CCCC(Oc3ccc(C(CC(C)(C)C)C(C)(C)C)cc3)C2)cc1. The van der Waals surface area contributed by atoms with Gasteiger partial charge < -0.3 is 9.47 Å². The van der Waals surface area contributed by atoms with Gasteiger partial charge in [0.2, 0.25) is 0 Å². The van der Waals surface area contributed by atoms with Crippen molar-refractivity contribution >= 4 is 0 Å². The third kappa shape index (κ3) is 7.30. The summed E-state index contributed by atoms with van der Waals surface area (Å²) < 4.78 is 12.6. The summed E-state index contributed by atoms with van der Waals surface area (Å²) >= 11 is 0. The van der Waals surface area contributed by atoms with Gasteiger partial charge in [0, 0.05) is 6.42 Å². The summed E-state index contributed by atoms with van der Waals surface area (Å²) in [6, 6.07) is 17.3. The molecule has 1 aliphatic carbocycles. The Labute approximate surface area is 190 Å². The maximum atomic E-state index is 6.38. The van der Waals surface area contributed by atoms with Gasteiger partial charge in [0.25, 0.3) is 0 Å². The summed E-state index contributed by atoms with van der Waals surface area (Å²) in [5, 5.41) is 0. The Bertz CT molecular complexity index is 806. The van der Waals surface area contributed by atoms with Crippen LogP contribution in [-0.4, -0.2) is 12.2 Å². The Balaban J connectivity index is 1.61. The van der Waals surface area contributed by atoms with E-state index in [0.717, 1.165) is 37.2 Å². The molecule has 1 aliphatic rings. The van der Waals surface area contributed by atoms with Crippen LogP contribution in [0.25, 0.3) is 0 Å². The van der Waals surface area contributed by atoms with Crippen LogP contribution >= 0.6 is 0 Å². The van der Waals surface area contributed by atoms with Crippen molar-refractivity contribution in [3.05, 3.63) is 59.7 Å². The van der Waals surface area contributed by atoms with Crippen LogP contribution in [-0.2, 0) is 0 Å². The molecule has 2 nitrogen and oxygen atoms in total. The molecule has 3 unspecified atom stereocenters. The van der Waals surface area contributed by atoms with E-state index in [9.17, 15) is 0 Å². The molecule has 3 atom stereocenters. The van der Waals surface area contributed by atoms with Gasteiger partial charge in [-0.15, -0.1) is 0 Å². The molecule has 0 amide bonds. The Morgan fingerprint density at radius 2 is 1.26 bits per heavy atom. The van der Waals surface area contributed by atoms with Crippen molar-refractivity contribution in [3.63, 3.8) is 0 Å². The topological polar surface area (TPSA) is 18.5 Å². The smallest absolute Gasteiger partial charge is 0.119 e. The van der Waals surface area contributed by atoms with E-state index in [1.807, 2.05) is 0 Å². The first-order valence-electron chi connectivity index (χ1n) is 12.0. The Morgan fingerprint density at radius 1 is 0.774 bits per heavy atom. The molecule has 0 spiro atoms.